The highest BCUT2D eigenvalue weighted by atomic mass is 16.4. The van der Waals surface area contributed by atoms with Crippen molar-refractivity contribution in [2.24, 2.45) is 5.92 Å². The number of carboxylic acid groups (broad SMARTS) is 1. The second-order valence-electron chi connectivity index (χ2n) is 3.58. The number of carbonyl (C=O) groups is 2. The minimum absolute atomic E-state index is 0.254. The predicted molar refractivity (Wildman–Crippen MR) is 53.3 cm³/mol. The van der Waals surface area contributed by atoms with Gasteiger partial charge in [0, 0.05) is 12.5 Å². The van der Waals surface area contributed by atoms with Crippen molar-refractivity contribution >= 4 is 11.9 Å². The SMILES string of the molecule is O=C(O)C1C(=O)NC[C@@H]1c1ccccc1. The van der Waals surface area contributed by atoms with E-state index in [4.69, 9.17) is 5.11 Å². The summed E-state index contributed by atoms with van der Waals surface area (Å²) in [4.78, 5) is 22.2. The molecular weight excluding hydrogens is 194 g/mol. The maximum absolute atomic E-state index is 11.3. The Hall–Kier alpha value is -1.84. The molecule has 1 fully saturated rings. The molecule has 1 heterocycles. The molecule has 0 saturated carbocycles. The van der Waals surface area contributed by atoms with Crippen LogP contribution >= 0.6 is 0 Å². The molecule has 1 aromatic carbocycles. The monoisotopic (exact) mass is 205 g/mol. The number of rotatable bonds is 2. The van der Waals surface area contributed by atoms with Gasteiger partial charge in [-0.3, -0.25) is 9.59 Å². The molecular formula is C11H11NO3. The fourth-order valence-corrected chi connectivity index (χ4v) is 1.92. The third kappa shape index (κ3) is 1.70. The van der Waals surface area contributed by atoms with Crippen LogP contribution < -0.4 is 5.32 Å². The molecule has 0 spiro atoms. The summed E-state index contributed by atoms with van der Waals surface area (Å²) in [6, 6.07) is 9.25. The Labute approximate surface area is 86.9 Å². The Balaban J connectivity index is 2.30. The Morgan fingerprint density at radius 2 is 2.00 bits per heavy atom. The van der Waals surface area contributed by atoms with Gasteiger partial charge in [-0.2, -0.15) is 0 Å². The summed E-state index contributed by atoms with van der Waals surface area (Å²) >= 11 is 0. The molecule has 2 rings (SSSR count). The Morgan fingerprint density at radius 3 is 2.60 bits per heavy atom. The number of amides is 1. The number of hydrogen-bond acceptors (Lipinski definition) is 2. The molecule has 0 aromatic heterocycles. The van der Waals surface area contributed by atoms with Crippen molar-refractivity contribution < 1.29 is 14.7 Å². The van der Waals surface area contributed by atoms with E-state index in [9.17, 15) is 9.59 Å². The molecule has 1 aliphatic rings. The van der Waals surface area contributed by atoms with Crippen molar-refractivity contribution in [2.45, 2.75) is 5.92 Å². The molecule has 1 aromatic rings. The van der Waals surface area contributed by atoms with E-state index in [0.29, 0.717) is 6.54 Å². The van der Waals surface area contributed by atoms with Gasteiger partial charge in [-0.1, -0.05) is 30.3 Å². The van der Waals surface area contributed by atoms with Crippen LogP contribution in [0.3, 0.4) is 0 Å². The largest absolute Gasteiger partial charge is 0.481 e. The Morgan fingerprint density at radius 1 is 1.33 bits per heavy atom. The smallest absolute Gasteiger partial charge is 0.316 e. The molecule has 15 heavy (non-hydrogen) atoms. The van der Waals surface area contributed by atoms with Crippen LogP contribution in [-0.4, -0.2) is 23.5 Å². The van der Waals surface area contributed by atoms with Crippen LogP contribution in [0.1, 0.15) is 11.5 Å². The summed E-state index contributed by atoms with van der Waals surface area (Å²) in [6.07, 6.45) is 0. The van der Waals surface area contributed by atoms with E-state index in [1.54, 1.807) is 0 Å². The summed E-state index contributed by atoms with van der Waals surface area (Å²) in [5.41, 5.74) is 0.892. The second kappa shape index (κ2) is 3.73. The van der Waals surface area contributed by atoms with Crippen molar-refractivity contribution in [3.05, 3.63) is 35.9 Å². The van der Waals surface area contributed by atoms with Crippen molar-refractivity contribution in [1.82, 2.24) is 5.32 Å². The highest BCUT2D eigenvalue weighted by molar-refractivity contribution is 5.99. The van der Waals surface area contributed by atoms with Gasteiger partial charge in [0.05, 0.1) is 0 Å². The molecule has 1 saturated heterocycles. The van der Waals surface area contributed by atoms with Crippen LogP contribution in [0.5, 0.6) is 0 Å². The molecule has 0 aliphatic carbocycles. The first-order valence-electron chi connectivity index (χ1n) is 4.75. The fraction of sp³-hybridized carbons (Fsp3) is 0.273. The summed E-state index contributed by atoms with van der Waals surface area (Å²) in [5.74, 6) is -2.65. The van der Waals surface area contributed by atoms with Crippen LogP contribution in [0.4, 0.5) is 0 Å². The van der Waals surface area contributed by atoms with Crippen LogP contribution in [0, 0.1) is 5.92 Å². The zero-order valence-corrected chi connectivity index (χ0v) is 8.01. The lowest BCUT2D eigenvalue weighted by atomic mass is 9.89. The first kappa shape index (κ1) is 9.71. The zero-order chi connectivity index (χ0) is 10.8. The molecule has 4 heteroatoms. The number of nitrogens with one attached hydrogen (secondary N) is 1. The molecule has 78 valence electrons. The topological polar surface area (TPSA) is 66.4 Å². The summed E-state index contributed by atoms with van der Waals surface area (Å²) in [5, 5.41) is 11.5. The highest BCUT2D eigenvalue weighted by Crippen LogP contribution is 2.28. The maximum Gasteiger partial charge on any atom is 0.316 e. The zero-order valence-electron chi connectivity index (χ0n) is 8.01. The molecule has 0 bridgehead atoms. The van der Waals surface area contributed by atoms with Gasteiger partial charge in [0.15, 0.2) is 0 Å². The minimum atomic E-state index is -1.06. The number of benzene rings is 1. The average Bonchev–Trinajstić information content (AvgIpc) is 2.61. The van der Waals surface area contributed by atoms with Gasteiger partial charge < -0.3 is 10.4 Å². The maximum atomic E-state index is 11.3. The van der Waals surface area contributed by atoms with Crippen molar-refractivity contribution in [3.8, 4) is 0 Å². The van der Waals surface area contributed by atoms with Crippen LogP contribution in [0.15, 0.2) is 30.3 Å². The Bertz CT molecular complexity index is 388. The van der Waals surface area contributed by atoms with Crippen molar-refractivity contribution in [3.63, 3.8) is 0 Å². The molecule has 1 amide bonds. The van der Waals surface area contributed by atoms with E-state index in [0.717, 1.165) is 5.56 Å². The van der Waals surface area contributed by atoms with E-state index < -0.39 is 17.8 Å². The van der Waals surface area contributed by atoms with Gasteiger partial charge in [-0.25, -0.2) is 0 Å². The molecule has 0 radical (unpaired) electrons. The van der Waals surface area contributed by atoms with E-state index in [1.165, 1.54) is 0 Å². The van der Waals surface area contributed by atoms with Gasteiger partial charge in [-0.15, -0.1) is 0 Å². The summed E-state index contributed by atoms with van der Waals surface area (Å²) < 4.78 is 0. The van der Waals surface area contributed by atoms with Crippen LogP contribution in [0.2, 0.25) is 0 Å². The third-order valence-corrected chi connectivity index (χ3v) is 2.67. The van der Waals surface area contributed by atoms with Crippen molar-refractivity contribution in [1.29, 1.82) is 0 Å². The Kier molecular flexibility index (Phi) is 2.41. The van der Waals surface area contributed by atoms with E-state index in [1.807, 2.05) is 30.3 Å². The van der Waals surface area contributed by atoms with Gasteiger partial charge in [-0.05, 0) is 5.56 Å². The number of carboxylic acids is 1. The van der Waals surface area contributed by atoms with Gasteiger partial charge in [0.2, 0.25) is 5.91 Å². The van der Waals surface area contributed by atoms with E-state index >= 15 is 0 Å². The molecule has 2 atom stereocenters. The standard InChI is InChI=1S/C11H11NO3/c13-10-9(11(14)15)8(6-12-10)7-4-2-1-3-5-7/h1-5,8-9H,6H2,(H,12,13)(H,14,15)/t8-,9?/m1/s1. The molecule has 4 nitrogen and oxygen atoms in total. The number of hydrogen-bond donors (Lipinski definition) is 2. The molecule has 1 aliphatic heterocycles. The lowest BCUT2D eigenvalue weighted by Gasteiger charge is -2.12. The normalized spacial score (nSPS) is 24.9. The van der Waals surface area contributed by atoms with Crippen molar-refractivity contribution in [2.75, 3.05) is 6.54 Å². The first-order valence-corrected chi connectivity index (χ1v) is 4.75. The highest BCUT2D eigenvalue weighted by Gasteiger charge is 2.40. The summed E-state index contributed by atoms with van der Waals surface area (Å²) in [6.45, 7) is 0.403. The second-order valence-corrected chi connectivity index (χ2v) is 3.58. The average molecular weight is 205 g/mol. The predicted octanol–water partition coefficient (Wildman–Crippen LogP) is 0.601. The fourth-order valence-electron chi connectivity index (χ4n) is 1.92. The van der Waals surface area contributed by atoms with E-state index in [2.05, 4.69) is 5.32 Å². The van der Waals surface area contributed by atoms with Gasteiger partial charge in [0.1, 0.15) is 5.92 Å². The molecule has 1 unspecified atom stereocenters. The van der Waals surface area contributed by atoms with Crippen LogP contribution in [0.25, 0.3) is 0 Å². The molecule has 2 N–H and O–H groups in total. The first-order chi connectivity index (χ1) is 7.20. The van der Waals surface area contributed by atoms with Gasteiger partial charge >= 0.3 is 5.97 Å². The lowest BCUT2D eigenvalue weighted by molar-refractivity contribution is -0.145. The van der Waals surface area contributed by atoms with E-state index in [-0.39, 0.29) is 5.92 Å². The summed E-state index contributed by atoms with van der Waals surface area (Å²) in [7, 11) is 0. The quantitative estimate of drug-likeness (QED) is 0.695. The lowest BCUT2D eigenvalue weighted by Crippen LogP contribution is -2.26. The van der Waals surface area contributed by atoms with Gasteiger partial charge in [0.25, 0.3) is 0 Å². The number of aliphatic carboxylic acids is 1. The van der Waals surface area contributed by atoms with Crippen LogP contribution in [-0.2, 0) is 9.59 Å². The minimum Gasteiger partial charge on any atom is -0.481 e. The number of carbonyl (C=O) groups excluding carboxylic acids is 1. The third-order valence-electron chi connectivity index (χ3n) is 2.67.